The van der Waals surface area contributed by atoms with E-state index in [9.17, 15) is 5.11 Å². The highest BCUT2D eigenvalue weighted by molar-refractivity contribution is 4.97. The zero-order valence-electron chi connectivity index (χ0n) is 9.21. The normalized spacial score (nSPS) is 44.2. The first-order chi connectivity index (χ1) is 7.22. The van der Waals surface area contributed by atoms with Crippen LogP contribution in [0.15, 0.2) is 0 Å². The van der Waals surface area contributed by atoms with Crippen molar-refractivity contribution in [3.63, 3.8) is 0 Å². The molecule has 3 heteroatoms. The van der Waals surface area contributed by atoms with Gasteiger partial charge in [-0.05, 0) is 37.5 Å². The molecule has 0 amide bonds. The molecule has 2 aliphatic carbocycles. The average Bonchev–Trinajstić information content (AvgIpc) is 2.76. The summed E-state index contributed by atoms with van der Waals surface area (Å²) in [4.78, 5) is 0. The van der Waals surface area contributed by atoms with E-state index >= 15 is 0 Å². The quantitative estimate of drug-likeness (QED) is 0.666. The van der Waals surface area contributed by atoms with Crippen molar-refractivity contribution in [2.75, 3.05) is 13.2 Å². The first-order valence-electron chi connectivity index (χ1n) is 6.18. The molecule has 15 heavy (non-hydrogen) atoms. The van der Waals surface area contributed by atoms with Gasteiger partial charge >= 0.3 is 0 Å². The van der Waals surface area contributed by atoms with E-state index in [0.717, 1.165) is 45.3 Å². The Hall–Kier alpha value is -0.120. The van der Waals surface area contributed by atoms with Crippen LogP contribution in [-0.2, 0) is 9.47 Å². The number of aliphatic hydroxyl groups is 1. The van der Waals surface area contributed by atoms with Gasteiger partial charge in [-0.3, -0.25) is 0 Å². The minimum Gasteiger partial charge on any atom is -0.393 e. The Bertz CT molecular complexity index is 243. The lowest BCUT2D eigenvalue weighted by Gasteiger charge is -2.43. The summed E-state index contributed by atoms with van der Waals surface area (Å²) < 4.78 is 11.6. The Kier molecular flexibility index (Phi) is 2.31. The molecule has 2 atom stereocenters. The van der Waals surface area contributed by atoms with Crippen LogP contribution in [0.4, 0.5) is 0 Å². The average molecular weight is 212 g/mol. The van der Waals surface area contributed by atoms with E-state index < -0.39 is 0 Å². The Morgan fingerprint density at radius 3 is 2.53 bits per heavy atom. The minimum atomic E-state index is -0.275. The van der Waals surface area contributed by atoms with Crippen molar-refractivity contribution in [3.8, 4) is 0 Å². The predicted octanol–water partition coefficient (Wildman–Crippen LogP) is 1.83. The monoisotopic (exact) mass is 212 g/mol. The molecule has 0 bridgehead atoms. The van der Waals surface area contributed by atoms with E-state index in [4.69, 9.17) is 9.47 Å². The molecule has 3 nitrogen and oxygen atoms in total. The summed E-state index contributed by atoms with van der Waals surface area (Å²) in [5.41, 5.74) is 0.321. The molecule has 1 aliphatic heterocycles. The molecule has 3 rings (SSSR count). The van der Waals surface area contributed by atoms with Crippen LogP contribution in [0.2, 0.25) is 0 Å². The first-order valence-corrected chi connectivity index (χ1v) is 6.18. The van der Waals surface area contributed by atoms with Crippen LogP contribution in [0.3, 0.4) is 0 Å². The first kappa shape index (κ1) is 10.1. The second-order valence-corrected chi connectivity index (χ2v) is 5.53. The molecule has 1 N–H and O–H groups in total. The van der Waals surface area contributed by atoms with Gasteiger partial charge in [-0.25, -0.2) is 0 Å². The van der Waals surface area contributed by atoms with Gasteiger partial charge in [0.25, 0.3) is 0 Å². The van der Waals surface area contributed by atoms with Crippen LogP contribution in [-0.4, -0.2) is 30.2 Å². The maximum absolute atomic E-state index is 9.70. The summed E-state index contributed by atoms with van der Waals surface area (Å²) in [6.07, 6.45) is 7.49. The van der Waals surface area contributed by atoms with Gasteiger partial charge in [0, 0.05) is 12.8 Å². The van der Waals surface area contributed by atoms with Crippen molar-refractivity contribution < 1.29 is 14.6 Å². The summed E-state index contributed by atoms with van der Waals surface area (Å²) in [6.45, 7) is 1.50. The second kappa shape index (κ2) is 3.44. The zero-order chi connectivity index (χ0) is 10.4. The van der Waals surface area contributed by atoms with Gasteiger partial charge in [0.05, 0.1) is 19.3 Å². The summed E-state index contributed by atoms with van der Waals surface area (Å²) in [6, 6.07) is 0. The van der Waals surface area contributed by atoms with E-state index in [2.05, 4.69) is 0 Å². The lowest BCUT2D eigenvalue weighted by molar-refractivity contribution is -0.202. The Labute approximate surface area is 90.8 Å². The topological polar surface area (TPSA) is 38.7 Å². The molecule has 86 valence electrons. The molecule has 2 spiro atoms. The van der Waals surface area contributed by atoms with Gasteiger partial charge in [-0.1, -0.05) is 0 Å². The molecule has 1 heterocycles. The zero-order valence-corrected chi connectivity index (χ0v) is 9.21. The van der Waals surface area contributed by atoms with Crippen LogP contribution >= 0.6 is 0 Å². The fourth-order valence-corrected chi connectivity index (χ4v) is 3.79. The molecule has 1 saturated heterocycles. The smallest absolute Gasteiger partial charge is 0.169 e. The summed E-state index contributed by atoms with van der Waals surface area (Å²) >= 11 is 0. The summed E-state index contributed by atoms with van der Waals surface area (Å²) in [5.74, 6) is -0.275. The van der Waals surface area contributed by atoms with Gasteiger partial charge in [0.2, 0.25) is 0 Å². The van der Waals surface area contributed by atoms with E-state index in [0.29, 0.717) is 5.41 Å². The lowest BCUT2D eigenvalue weighted by atomic mass is 9.70. The molecule has 3 aliphatic rings. The Morgan fingerprint density at radius 1 is 1.07 bits per heavy atom. The molecule has 0 aromatic carbocycles. The van der Waals surface area contributed by atoms with Gasteiger partial charge in [0.15, 0.2) is 5.79 Å². The van der Waals surface area contributed by atoms with Crippen molar-refractivity contribution in [1.29, 1.82) is 0 Å². The Morgan fingerprint density at radius 2 is 1.87 bits per heavy atom. The number of hydrogen-bond donors (Lipinski definition) is 1. The predicted molar refractivity (Wildman–Crippen MR) is 55.4 cm³/mol. The van der Waals surface area contributed by atoms with Crippen LogP contribution < -0.4 is 0 Å². The molecule has 0 aromatic rings. The highest BCUT2D eigenvalue weighted by atomic mass is 16.7. The lowest BCUT2D eigenvalue weighted by Crippen LogP contribution is -2.41. The fraction of sp³-hybridized carbons (Fsp3) is 1.00. The van der Waals surface area contributed by atoms with Gasteiger partial charge in [-0.15, -0.1) is 0 Å². The van der Waals surface area contributed by atoms with Crippen LogP contribution in [0.1, 0.15) is 44.9 Å². The molecule has 1 unspecified atom stereocenters. The third-order valence-electron chi connectivity index (χ3n) is 4.40. The van der Waals surface area contributed by atoms with Crippen LogP contribution in [0.25, 0.3) is 0 Å². The maximum atomic E-state index is 9.70. The fourth-order valence-electron chi connectivity index (χ4n) is 3.79. The number of aliphatic hydroxyl groups excluding tert-OH is 1. The summed E-state index contributed by atoms with van der Waals surface area (Å²) in [5, 5.41) is 9.70. The van der Waals surface area contributed by atoms with Crippen molar-refractivity contribution in [2.24, 2.45) is 5.41 Å². The highest BCUT2D eigenvalue weighted by Gasteiger charge is 2.50. The van der Waals surface area contributed by atoms with Crippen molar-refractivity contribution in [1.82, 2.24) is 0 Å². The van der Waals surface area contributed by atoms with Crippen molar-refractivity contribution in [3.05, 3.63) is 0 Å². The third-order valence-corrected chi connectivity index (χ3v) is 4.40. The SMILES string of the molecule is OC1CC[C@]2(CCCC3(C2)OCCO3)C1. The Balaban J connectivity index is 1.76. The number of ether oxygens (including phenoxy) is 2. The van der Waals surface area contributed by atoms with Crippen LogP contribution in [0, 0.1) is 5.41 Å². The molecular formula is C12H20O3. The standard InChI is InChI=1S/C12H20O3/c13-10-2-5-11(8-10)3-1-4-12(9-11)14-6-7-15-12/h10,13H,1-9H2/t10?,11-/m1/s1. The largest absolute Gasteiger partial charge is 0.393 e. The van der Waals surface area contributed by atoms with Crippen molar-refractivity contribution in [2.45, 2.75) is 56.8 Å². The van der Waals surface area contributed by atoms with E-state index in [1.807, 2.05) is 0 Å². The molecule has 3 fully saturated rings. The molecule has 2 saturated carbocycles. The highest BCUT2D eigenvalue weighted by Crippen LogP contribution is 2.53. The third kappa shape index (κ3) is 1.71. The second-order valence-electron chi connectivity index (χ2n) is 5.53. The number of rotatable bonds is 0. The van der Waals surface area contributed by atoms with E-state index in [1.165, 1.54) is 12.8 Å². The maximum Gasteiger partial charge on any atom is 0.169 e. The van der Waals surface area contributed by atoms with Gasteiger partial charge < -0.3 is 14.6 Å². The van der Waals surface area contributed by atoms with Crippen molar-refractivity contribution >= 4 is 0 Å². The van der Waals surface area contributed by atoms with Gasteiger partial charge in [0.1, 0.15) is 0 Å². The molecule has 0 aromatic heterocycles. The molecular weight excluding hydrogens is 192 g/mol. The van der Waals surface area contributed by atoms with Gasteiger partial charge in [-0.2, -0.15) is 0 Å². The van der Waals surface area contributed by atoms with E-state index in [1.54, 1.807) is 0 Å². The minimum absolute atomic E-state index is 0.0819. The number of hydrogen-bond acceptors (Lipinski definition) is 3. The van der Waals surface area contributed by atoms with Crippen LogP contribution in [0.5, 0.6) is 0 Å². The van der Waals surface area contributed by atoms with E-state index in [-0.39, 0.29) is 11.9 Å². The summed E-state index contributed by atoms with van der Waals surface area (Å²) in [7, 11) is 0. The molecule has 0 radical (unpaired) electrons.